The summed E-state index contributed by atoms with van der Waals surface area (Å²) in [5.41, 5.74) is 3.36. The smallest absolute Gasteiger partial charge is 0.122 e. The molecular weight excluding hydrogens is 284 g/mol. The Morgan fingerprint density at radius 2 is 1.91 bits per heavy atom. The maximum Gasteiger partial charge on any atom is 0.122 e. The van der Waals surface area contributed by atoms with Crippen molar-refractivity contribution in [2.45, 2.75) is 25.7 Å². The SMILES string of the molecule is CCc1ccccc1OCCC(C#N)c1cccc(N(C)C)c1. The van der Waals surface area contributed by atoms with Crippen molar-refractivity contribution in [1.29, 1.82) is 5.26 Å². The fourth-order valence-corrected chi connectivity index (χ4v) is 2.55. The number of hydrogen-bond donors (Lipinski definition) is 0. The molecule has 3 heteroatoms. The summed E-state index contributed by atoms with van der Waals surface area (Å²) in [5, 5.41) is 9.49. The van der Waals surface area contributed by atoms with Gasteiger partial charge in [-0.3, -0.25) is 0 Å². The maximum atomic E-state index is 9.49. The van der Waals surface area contributed by atoms with Gasteiger partial charge in [0.15, 0.2) is 0 Å². The lowest BCUT2D eigenvalue weighted by Gasteiger charge is -2.16. The molecule has 0 heterocycles. The van der Waals surface area contributed by atoms with E-state index in [0.717, 1.165) is 23.4 Å². The first-order valence-corrected chi connectivity index (χ1v) is 8.03. The van der Waals surface area contributed by atoms with Crippen molar-refractivity contribution in [2.24, 2.45) is 0 Å². The minimum absolute atomic E-state index is 0.149. The van der Waals surface area contributed by atoms with Gasteiger partial charge in [0, 0.05) is 26.2 Å². The molecule has 0 amide bonds. The summed E-state index contributed by atoms with van der Waals surface area (Å²) in [5.74, 6) is 0.775. The Morgan fingerprint density at radius 3 is 2.61 bits per heavy atom. The molecule has 2 aromatic rings. The fraction of sp³-hybridized carbons (Fsp3) is 0.350. The van der Waals surface area contributed by atoms with Crippen LogP contribution in [-0.2, 0) is 6.42 Å². The van der Waals surface area contributed by atoms with Crippen LogP contribution < -0.4 is 9.64 Å². The highest BCUT2D eigenvalue weighted by molar-refractivity contribution is 5.48. The molecule has 0 bridgehead atoms. The standard InChI is InChI=1S/C20H24N2O/c1-4-16-8-5-6-11-20(16)23-13-12-18(15-21)17-9-7-10-19(14-17)22(2)3/h5-11,14,18H,4,12-13H2,1-3H3. The lowest BCUT2D eigenvalue weighted by molar-refractivity contribution is 0.303. The Balaban J connectivity index is 2.00. The number of ether oxygens (including phenoxy) is 1. The zero-order valence-corrected chi connectivity index (χ0v) is 14.1. The van der Waals surface area contributed by atoms with Gasteiger partial charge in [-0.25, -0.2) is 0 Å². The second kappa shape index (κ2) is 8.24. The monoisotopic (exact) mass is 308 g/mol. The molecule has 0 aliphatic carbocycles. The number of nitrogens with zero attached hydrogens (tertiary/aromatic N) is 2. The van der Waals surface area contributed by atoms with Gasteiger partial charge in [-0.15, -0.1) is 0 Å². The first-order chi connectivity index (χ1) is 11.2. The normalized spacial score (nSPS) is 11.6. The summed E-state index contributed by atoms with van der Waals surface area (Å²) >= 11 is 0. The third-order valence-electron chi connectivity index (χ3n) is 3.96. The van der Waals surface area contributed by atoms with Crippen LogP contribution >= 0.6 is 0 Å². The molecule has 0 aromatic heterocycles. The molecule has 0 N–H and O–H groups in total. The summed E-state index contributed by atoms with van der Waals surface area (Å²) in [6.45, 7) is 2.66. The van der Waals surface area contributed by atoms with E-state index in [2.05, 4.69) is 25.1 Å². The summed E-state index contributed by atoms with van der Waals surface area (Å²) in [6.07, 6.45) is 1.63. The van der Waals surface area contributed by atoms with E-state index in [1.54, 1.807) is 0 Å². The van der Waals surface area contributed by atoms with E-state index in [1.165, 1.54) is 5.56 Å². The van der Waals surface area contributed by atoms with Crippen molar-refractivity contribution in [3.63, 3.8) is 0 Å². The van der Waals surface area contributed by atoms with E-state index >= 15 is 0 Å². The highest BCUT2D eigenvalue weighted by Crippen LogP contribution is 2.24. The van der Waals surface area contributed by atoms with E-state index in [-0.39, 0.29) is 5.92 Å². The van der Waals surface area contributed by atoms with Crippen molar-refractivity contribution in [3.05, 3.63) is 59.7 Å². The molecule has 0 saturated carbocycles. The number of rotatable bonds is 7. The summed E-state index contributed by atoms with van der Waals surface area (Å²) in [6, 6.07) is 18.6. The van der Waals surface area contributed by atoms with Crippen LogP contribution in [0.25, 0.3) is 0 Å². The Kier molecular flexibility index (Phi) is 6.05. The van der Waals surface area contributed by atoms with Crippen LogP contribution in [0.15, 0.2) is 48.5 Å². The van der Waals surface area contributed by atoms with Crippen LogP contribution in [0, 0.1) is 11.3 Å². The van der Waals surface area contributed by atoms with E-state index in [0.29, 0.717) is 13.0 Å². The average molecular weight is 308 g/mol. The second-order valence-corrected chi connectivity index (χ2v) is 5.77. The number of benzene rings is 2. The minimum atomic E-state index is -0.149. The van der Waals surface area contributed by atoms with Crippen LogP contribution in [0.1, 0.15) is 30.4 Å². The summed E-state index contributed by atoms with van der Waals surface area (Å²) in [7, 11) is 4.01. The molecule has 0 saturated heterocycles. The van der Waals surface area contributed by atoms with Crippen LogP contribution in [-0.4, -0.2) is 20.7 Å². The number of nitriles is 1. The Hall–Kier alpha value is -2.47. The molecule has 23 heavy (non-hydrogen) atoms. The van der Waals surface area contributed by atoms with Crippen molar-refractivity contribution in [3.8, 4) is 11.8 Å². The largest absolute Gasteiger partial charge is 0.493 e. The highest BCUT2D eigenvalue weighted by Gasteiger charge is 2.12. The summed E-state index contributed by atoms with van der Waals surface area (Å²) in [4.78, 5) is 2.05. The second-order valence-electron chi connectivity index (χ2n) is 5.77. The molecule has 0 aliphatic rings. The van der Waals surface area contributed by atoms with E-state index in [4.69, 9.17) is 4.74 Å². The molecule has 1 atom stereocenters. The maximum absolute atomic E-state index is 9.49. The first-order valence-electron chi connectivity index (χ1n) is 8.03. The van der Waals surface area contributed by atoms with Crippen molar-refractivity contribution in [2.75, 3.05) is 25.6 Å². The van der Waals surface area contributed by atoms with Gasteiger partial charge in [0.05, 0.1) is 18.6 Å². The quantitative estimate of drug-likeness (QED) is 0.761. The van der Waals surface area contributed by atoms with Crippen molar-refractivity contribution in [1.82, 2.24) is 0 Å². The first kappa shape index (κ1) is 16.9. The van der Waals surface area contributed by atoms with Gasteiger partial charge in [-0.1, -0.05) is 37.3 Å². The number of anilines is 1. The van der Waals surface area contributed by atoms with E-state index in [9.17, 15) is 5.26 Å². The van der Waals surface area contributed by atoms with Crippen LogP contribution in [0.2, 0.25) is 0 Å². The lowest BCUT2D eigenvalue weighted by atomic mass is 9.97. The lowest BCUT2D eigenvalue weighted by Crippen LogP contribution is -2.10. The van der Waals surface area contributed by atoms with Crippen molar-refractivity contribution < 1.29 is 4.74 Å². The van der Waals surface area contributed by atoms with Crippen LogP contribution in [0.3, 0.4) is 0 Å². The van der Waals surface area contributed by atoms with Gasteiger partial charge in [0.25, 0.3) is 0 Å². The van der Waals surface area contributed by atoms with Gasteiger partial charge in [0.1, 0.15) is 5.75 Å². The van der Waals surface area contributed by atoms with Crippen molar-refractivity contribution >= 4 is 5.69 Å². The number of hydrogen-bond acceptors (Lipinski definition) is 3. The van der Waals surface area contributed by atoms with Gasteiger partial charge in [0.2, 0.25) is 0 Å². The Morgan fingerprint density at radius 1 is 1.13 bits per heavy atom. The molecule has 0 spiro atoms. The third-order valence-corrected chi connectivity index (χ3v) is 3.96. The highest BCUT2D eigenvalue weighted by atomic mass is 16.5. The Bertz CT molecular complexity index is 673. The molecule has 0 radical (unpaired) electrons. The predicted octanol–water partition coefficient (Wildman–Crippen LogP) is 4.39. The summed E-state index contributed by atoms with van der Waals surface area (Å²) < 4.78 is 5.90. The molecule has 2 aromatic carbocycles. The topological polar surface area (TPSA) is 36.3 Å². The molecule has 3 nitrogen and oxygen atoms in total. The molecule has 1 unspecified atom stereocenters. The zero-order chi connectivity index (χ0) is 16.7. The molecule has 0 aliphatic heterocycles. The van der Waals surface area contributed by atoms with Crippen LogP contribution in [0.5, 0.6) is 5.75 Å². The molecule has 120 valence electrons. The minimum Gasteiger partial charge on any atom is -0.493 e. The Labute approximate surface area is 139 Å². The van der Waals surface area contributed by atoms with Gasteiger partial charge < -0.3 is 9.64 Å². The van der Waals surface area contributed by atoms with Gasteiger partial charge in [-0.05, 0) is 35.7 Å². The number of aryl methyl sites for hydroxylation is 1. The third kappa shape index (κ3) is 4.50. The molecular formula is C20H24N2O. The fourth-order valence-electron chi connectivity index (χ4n) is 2.55. The van der Waals surface area contributed by atoms with Gasteiger partial charge in [-0.2, -0.15) is 5.26 Å². The molecule has 0 fully saturated rings. The van der Waals surface area contributed by atoms with E-state index in [1.807, 2.05) is 55.4 Å². The number of para-hydroxylation sites is 1. The average Bonchev–Trinajstić information content (AvgIpc) is 2.59. The van der Waals surface area contributed by atoms with Crippen LogP contribution in [0.4, 0.5) is 5.69 Å². The van der Waals surface area contributed by atoms with Gasteiger partial charge >= 0.3 is 0 Å². The predicted molar refractivity (Wildman–Crippen MR) is 95.1 cm³/mol. The molecule has 2 rings (SSSR count). The van der Waals surface area contributed by atoms with E-state index < -0.39 is 0 Å². The zero-order valence-electron chi connectivity index (χ0n) is 14.1.